The molecule has 0 aromatic rings. The van der Waals surface area contributed by atoms with Gasteiger partial charge in [0.2, 0.25) is 0 Å². The summed E-state index contributed by atoms with van der Waals surface area (Å²) in [5.74, 6) is 0.317. The topological polar surface area (TPSA) is 17.1 Å². The van der Waals surface area contributed by atoms with Gasteiger partial charge in [0, 0.05) is 6.42 Å². The fraction of sp³-hybridized carbons (Fsp3) is 0.667. The van der Waals surface area contributed by atoms with Crippen LogP contribution in [0.15, 0.2) is 11.6 Å². The van der Waals surface area contributed by atoms with Gasteiger partial charge in [0.05, 0.1) is 0 Å². The van der Waals surface area contributed by atoms with Crippen LogP contribution >= 0.6 is 0 Å². The number of ketones is 1. The number of carbonyl (C=O) groups is 1. The number of hydrogen-bond acceptors (Lipinski definition) is 1. The minimum absolute atomic E-state index is 0.317. The summed E-state index contributed by atoms with van der Waals surface area (Å²) in [5.41, 5.74) is 1.25. The van der Waals surface area contributed by atoms with Crippen LogP contribution in [0.1, 0.15) is 39.0 Å². The Labute approximate surface area is 62.1 Å². The molecule has 1 rings (SSSR count). The zero-order chi connectivity index (χ0) is 7.40. The molecule has 0 atom stereocenters. The highest BCUT2D eigenvalue weighted by Gasteiger charge is 2.02. The normalized spacial score (nSPS) is 26.5. The molecule has 0 saturated carbocycles. The van der Waals surface area contributed by atoms with Gasteiger partial charge in [-0.05, 0) is 32.3 Å². The quantitative estimate of drug-likeness (QED) is 0.502. The minimum atomic E-state index is 0.317. The Morgan fingerprint density at radius 2 is 1.90 bits per heavy atom. The van der Waals surface area contributed by atoms with Gasteiger partial charge < -0.3 is 0 Å². The first-order chi connectivity index (χ1) is 4.79. The van der Waals surface area contributed by atoms with E-state index in [1.807, 2.05) is 6.92 Å². The van der Waals surface area contributed by atoms with E-state index in [1.54, 1.807) is 6.08 Å². The lowest BCUT2D eigenvalue weighted by Gasteiger charge is -2.05. The molecule has 0 fully saturated rings. The van der Waals surface area contributed by atoms with Gasteiger partial charge in [-0.25, -0.2) is 0 Å². The van der Waals surface area contributed by atoms with Crippen molar-refractivity contribution in [2.24, 2.45) is 0 Å². The number of allylic oxidation sites excluding steroid dienone is 2. The standard InChI is InChI=1S/C9H14O/c1-8-5-3-2-4-6-9(10)7-8/h7H,2-6H2,1H3/b8-7-. The van der Waals surface area contributed by atoms with Gasteiger partial charge in [-0.2, -0.15) is 0 Å². The fourth-order valence-electron chi connectivity index (χ4n) is 1.30. The summed E-state index contributed by atoms with van der Waals surface area (Å²) in [5, 5.41) is 0. The number of rotatable bonds is 0. The minimum Gasteiger partial charge on any atom is -0.295 e. The average molecular weight is 138 g/mol. The molecule has 0 bridgehead atoms. The van der Waals surface area contributed by atoms with E-state index in [9.17, 15) is 4.79 Å². The van der Waals surface area contributed by atoms with E-state index < -0.39 is 0 Å². The maximum absolute atomic E-state index is 11.0. The molecule has 0 N–H and O–H groups in total. The second-order valence-electron chi connectivity index (χ2n) is 3.02. The van der Waals surface area contributed by atoms with Crippen molar-refractivity contribution in [1.82, 2.24) is 0 Å². The third-order valence-corrected chi connectivity index (χ3v) is 1.90. The second kappa shape index (κ2) is 3.55. The van der Waals surface area contributed by atoms with Gasteiger partial charge in [-0.3, -0.25) is 4.79 Å². The molecule has 0 unspecified atom stereocenters. The average Bonchev–Trinajstić information content (AvgIpc) is 1.83. The molecule has 56 valence electrons. The summed E-state index contributed by atoms with van der Waals surface area (Å²) in [4.78, 5) is 11.0. The van der Waals surface area contributed by atoms with Crippen LogP contribution in [0.5, 0.6) is 0 Å². The summed E-state index contributed by atoms with van der Waals surface area (Å²) in [6.45, 7) is 2.04. The summed E-state index contributed by atoms with van der Waals surface area (Å²) in [7, 11) is 0. The highest BCUT2D eigenvalue weighted by Crippen LogP contribution is 2.13. The summed E-state index contributed by atoms with van der Waals surface area (Å²) in [6.07, 6.45) is 7.25. The van der Waals surface area contributed by atoms with Crippen LogP contribution in [-0.2, 0) is 4.79 Å². The van der Waals surface area contributed by atoms with Crippen LogP contribution in [0.4, 0.5) is 0 Å². The first kappa shape index (κ1) is 7.52. The second-order valence-corrected chi connectivity index (χ2v) is 3.02. The van der Waals surface area contributed by atoms with Crippen LogP contribution in [0.3, 0.4) is 0 Å². The van der Waals surface area contributed by atoms with Crippen molar-refractivity contribution < 1.29 is 4.79 Å². The molecular formula is C9H14O. The molecule has 0 radical (unpaired) electrons. The fourth-order valence-corrected chi connectivity index (χ4v) is 1.30. The Balaban J connectivity index is 2.55. The molecule has 0 amide bonds. The third kappa shape index (κ3) is 2.34. The Morgan fingerprint density at radius 3 is 2.70 bits per heavy atom. The van der Waals surface area contributed by atoms with E-state index in [1.165, 1.54) is 18.4 Å². The lowest BCUT2D eigenvalue weighted by atomic mass is 10.0. The van der Waals surface area contributed by atoms with Crippen LogP contribution in [0.25, 0.3) is 0 Å². The molecule has 10 heavy (non-hydrogen) atoms. The summed E-state index contributed by atoms with van der Waals surface area (Å²) in [6, 6.07) is 0. The molecule has 0 aliphatic heterocycles. The van der Waals surface area contributed by atoms with E-state index in [2.05, 4.69) is 0 Å². The number of carbonyl (C=O) groups excluding carboxylic acids is 1. The Morgan fingerprint density at radius 1 is 1.20 bits per heavy atom. The molecule has 1 nitrogen and oxygen atoms in total. The van der Waals surface area contributed by atoms with Gasteiger partial charge in [0.15, 0.2) is 5.78 Å². The van der Waals surface area contributed by atoms with Crippen LogP contribution in [0, 0.1) is 0 Å². The lowest BCUT2D eigenvalue weighted by molar-refractivity contribution is -0.114. The molecule has 0 spiro atoms. The largest absolute Gasteiger partial charge is 0.295 e. The van der Waals surface area contributed by atoms with Crippen molar-refractivity contribution in [2.75, 3.05) is 0 Å². The highest BCUT2D eigenvalue weighted by molar-refractivity contribution is 5.90. The van der Waals surface area contributed by atoms with Crippen molar-refractivity contribution in [1.29, 1.82) is 0 Å². The maximum atomic E-state index is 11.0. The third-order valence-electron chi connectivity index (χ3n) is 1.90. The maximum Gasteiger partial charge on any atom is 0.155 e. The number of hydrogen-bond donors (Lipinski definition) is 0. The molecule has 1 heteroatoms. The van der Waals surface area contributed by atoms with Crippen molar-refractivity contribution in [2.45, 2.75) is 39.0 Å². The van der Waals surface area contributed by atoms with Gasteiger partial charge in [0.1, 0.15) is 0 Å². The zero-order valence-corrected chi connectivity index (χ0v) is 6.52. The molecule has 0 aromatic heterocycles. The molecule has 0 saturated heterocycles. The van der Waals surface area contributed by atoms with Gasteiger partial charge >= 0.3 is 0 Å². The molecule has 1 aliphatic rings. The van der Waals surface area contributed by atoms with Gasteiger partial charge in [-0.15, -0.1) is 0 Å². The SMILES string of the molecule is C/C1=C/C(=O)CCCCC1. The van der Waals surface area contributed by atoms with Crippen LogP contribution in [-0.4, -0.2) is 5.78 Å². The molecule has 0 heterocycles. The smallest absolute Gasteiger partial charge is 0.155 e. The monoisotopic (exact) mass is 138 g/mol. The van der Waals surface area contributed by atoms with Gasteiger partial charge in [0.25, 0.3) is 0 Å². The Bertz CT molecular complexity index is 156. The predicted molar refractivity (Wildman–Crippen MR) is 41.8 cm³/mol. The van der Waals surface area contributed by atoms with Crippen LogP contribution < -0.4 is 0 Å². The van der Waals surface area contributed by atoms with Gasteiger partial charge in [-0.1, -0.05) is 12.0 Å². The Kier molecular flexibility index (Phi) is 2.67. The van der Waals surface area contributed by atoms with E-state index in [4.69, 9.17) is 0 Å². The van der Waals surface area contributed by atoms with E-state index in [-0.39, 0.29) is 0 Å². The first-order valence-electron chi connectivity index (χ1n) is 3.99. The summed E-state index contributed by atoms with van der Waals surface area (Å²) >= 11 is 0. The molecular weight excluding hydrogens is 124 g/mol. The van der Waals surface area contributed by atoms with E-state index in [0.717, 1.165) is 19.3 Å². The van der Waals surface area contributed by atoms with Crippen molar-refractivity contribution in [3.63, 3.8) is 0 Å². The van der Waals surface area contributed by atoms with Crippen molar-refractivity contribution in [3.8, 4) is 0 Å². The summed E-state index contributed by atoms with van der Waals surface area (Å²) < 4.78 is 0. The molecule has 0 aromatic carbocycles. The highest BCUT2D eigenvalue weighted by atomic mass is 16.1. The van der Waals surface area contributed by atoms with E-state index in [0.29, 0.717) is 5.78 Å². The first-order valence-corrected chi connectivity index (χ1v) is 3.99. The van der Waals surface area contributed by atoms with Crippen LogP contribution in [0.2, 0.25) is 0 Å². The van der Waals surface area contributed by atoms with E-state index >= 15 is 0 Å². The van der Waals surface area contributed by atoms with Crippen molar-refractivity contribution >= 4 is 5.78 Å². The zero-order valence-electron chi connectivity index (χ0n) is 6.52. The predicted octanol–water partition coefficient (Wildman–Crippen LogP) is 2.47. The lowest BCUT2D eigenvalue weighted by Crippen LogP contribution is -1.97. The molecule has 1 aliphatic carbocycles. The van der Waals surface area contributed by atoms with Crippen molar-refractivity contribution in [3.05, 3.63) is 11.6 Å². The Hall–Kier alpha value is -0.590.